The molecule has 0 saturated heterocycles. The summed E-state index contributed by atoms with van der Waals surface area (Å²) in [6, 6.07) is 29.4. The van der Waals surface area contributed by atoms with E-state index in [0.29, 0.717) is 44.1 Å². The van der Waals surface area contributed by atoms with E-state index in [1.165, 1.54) is 46.1 Å². The second kappa shape index (κ2) is 25.7. The molecule has 30 heteroatoms. The van der Waals surface area contributed by atoms with Crippen LogP contribution in [0, 0.1) is 10.1 Å². The van der Waals surface area contributed by atoms with Crippen LogP contribution in [0.25, 0.3) is 30.6 Å². The molecule has 3 heterocycles. The molecular weight excluding hydrogens is 1030 g/mol. The zero-order valence-electron chi connectivity index (χ0n) is 36.1. The first-order chi connectivity index (χ1) is 33.6. The number of non-ortho nitro benzene ring substituents is 1. The molecule has 2 amide bonds. The highest BCUT2D eigenvalue weighted by atomic mass is 32.1. The number of halogens is 6. The van der Waals surface area contributed by atoms with Crippen LogP contribution in [0.4, 0.5) is 53.1 Å². The van der Waals surface area contributed by atoms with Crippen LogP contribution in [-0.2, 0) is 20.9 Å². The molecule has 380 valence electrons. The minimum atomic E-state index is -5.08. The number of benzene rings is 5. The lowest BCUT2D eigenvalue weighted by Crippen LogP contribution is -2.33. The second-order valence-corrected chi connectivity index (χ2v) is 16.7. The summed E-state index contributed by atoms with van der Waals surface area (Å²) in [5.74, 6) is -7.50. The number of primary amides is 1. The molecule has 8 rings (SSSR count). The normalized spacial score (nSPS) is 11.0. The quantitative estimate of drug-likeness (QED) is 0.0326. The standard InChI is InChI=1S/C16H16N2O3.C8H7N3OS.C7H5N3O2S.C7H7N3S.2C2HF3O2/c17-10-11-5-4-8-13(9-11)15(19)18-14(16(20)21)12-6-2-1-3-7-12;9-7(12)4-1-2-5-6(3-4)13-8(10)11-5;8-7-9-5-2-1-4(10(11)12)3-6(5)13-7;8-4-1-2-5-6(3-4)11-7(9)10-5;2*3-2(4,5)1(6)7/h1-9,14H,10,17H2,(H,18,19)(H,20,21);1-3H,(H2,9,12)(H2,10,11);1-3H,(H2,8,9);1-3H,8H2,(H2,9,10);2*(H,6,7)/t14-;;;;;/m1...../s1. The van der Waals surface area contributed by atoms with Crippen LogP contribution in [-0.4, -0.2) is 77.3 Å². The molecule has 3 aromatic heterocycles. The van der Waals surface area contributed by atoms with E-state index in [4.69, 9.17) is 54.2 Å². The van der Waals surface area contributed by atoms with Gasteiger partial charge in [0.1, 0.15) is 0 Å². The van der Waals surface area contributed by atoms with Crippen LogP contribution in [0.1, 0.15) is 37.9 Å². The van der Waals surface area contributed by atoms with E-state index >= 15 is 0 Å². The van der Waals surface area contributed by atoms with Gasteiger partial charge in [-0.15, -0.1) is 0 Å². The van der Waals surface area contributed by atoms with E-state index in [1.807, 2.05) is 24.3 Å². The maximum Gasteiger partial charge on any atom is 0.490 e. The van der Waals surface area contributed by atoms with Crippen LogP contribution < -0.4 is 39.7 Å². The lowest BCUT2D eigenvalue weighted by Gasteiger charge is -2.15. The molecule has 0 aliphatic heterocycles. The van der Waals surface area contributed by atoms with Gasteiger partial charge in [-0.3, -0.25) is 19.7 Å². The Morgan fingerprint density at radius 1 is 0.625 bits per heavy atom. The Labute approximate surface area is 411 Å². The summed E-state index contributed by atoms with van der Waals surface area (Å²) in [6.07, 6.45) is -10.2. The second-order valence-electron chi connectivity index (χ2n) is 13.5. The fraction of sp³-hybridized carbons (Fsp3) is 0.0952. The number of carbonyl (C=O) groups excluding carboxylic acids is 2. The van der Waals surface area contributed by atoms with Gasteiger partial charge in [-0.05, 0) is 65.7 Å². The Balaban J connectivity index is 0.000000238. The number of hydrogen-bond donors (Lipinski definition) is 10. The van der Waals surface area contributed by atoms with Gasteiger partial charge in [0.2, 0.25) is 5.91 Å². The van der Waals surface area contributed by atoms with Crippen LogP contribution in [0.3, 0.4) is 0 Å². The zero-order chi connectivity index (χ0) is 54.1. The average molecular weight is 1070 g/mol. The molecule has 0 aliphatic carbocycles. The number of aromatic nitrogens is 3. The van der Waals surface area contributed by atoms with Crippen LogP contribution >= 0.6 is 34.0 Å². The van der Waals surface area contributed by atoms with Crippen molar-refractivity contribution in [1.29, 1.82) is 0 Å². The molecule has 21 nitrogen and oxygen atoms in total. The van der Waals surface area contributed by atoms with E-state index in [9.17, 15) is 55.9 Å². The molecule has 0 radical (unpaired) electrons. The molecule has 72 heavy (non-hydrogen) atoms. The van der Waals surface area contributed by atoms with E-state index in [0.717, 1.165) is 36.4 Å². The molecule has 0 bridgehead atoms. The summed E-state index contributed by atoms with van der Waals surface area (Å²) in [7, 11) is 0. The van der Waals surface area contributed by atoms with Crippen LogP contribution in [0.2, 0.25) is 0 Å². The first-order valence-electron chi connectivity index (χ1n) is 19.2. The van der Waals surface area contributed by atoms with Crippen molar-refractivity contribution < 1.29 is 70.6 Å². The summed E-state index contributed by atoms with van der Waals surface area (Å²) in [5, 5.41) is 38.0. The number of hydrogen-bond acceptors (Lipinski definition) is 18. The topological polar surface area (TPSA) is 396 Å². The average Bonchev–Trinajstić information content (AvgIpc) is 4.01. The Bertz CT molecular complexity index is 3080. The Morgan fingerprint density at radius 2 is 1.08 bits per heavy atom. The van der Waals surface area contributed by atoms with Crippen LogP contribution in [0.5, 0.6) is 0 Å². The minimum absolute atomic E-state index is 0.0659. The third kappa shape index (κ3) is 18.3. The predicted octanol–water partition coefficient (Wildman–Crippen LogP) is 7.19. The number of nitrogens with one attached hydrogen (secondary N) is 1. The van der Waals surface area contributed by atoms with Gasteiger partial charge in [-0.25, -0.2) is 29.3 Å². The highest BCUT2D eigenvalue weighted by Crippen LogP contribution is 2.28. The van der Waals surface area contributed by atoms with Crippen molar-refractivity contribution in [2.45, 2.75) is 24.9 Å². The molecule has 0 spiro atoms. The highest BCUT2D eigenvalue weighted by molar-refractivity contribution is 7.22. The number of thiazole rings is 3. The van der Waals surface area contributed by atoms with Gasteiger partial charge in [0.25, 0.3) is 11.6 Å². The number of anilines is 4. The fourth-order valence-electron chi connectivity index (χ4n) is 5.09. The first-order valence-corrected chi connectivity index (χ1v) is 21.7. The van der Waals surface area contributed by atoms with Crippen molar-refractivity contribution in [1.82, 2.24) is 20.3 Å². The first kappa shape index (κ1) is 57.6. The largest absolute Gasteiger partial charge is 0.490 e. The maximum atomic E-state index is 12.2. The van der Waals surface area contributed by atoms with Crippen LogP contribution in [0.15, 0.2) is 109 Å². The van der Waals surface area contributed by atoms with Gasteiger partial charge in [0.15, 0.2) is 21.4 Å². The summed E-state index contributed by atoms with van der Waals surface area (Å²) < 4.78 is 66.1. The molecule has 0 fully saturated rings. The number of carbonyl (C=O) groups is 5. The number of nitro groups is 1. The van der Waals surface area contributed by atoms with E-state index in [-0.39, 0.29) is 5.69 Å². The van der Waals surface area contributed by atoms with Crippen molar-refractivity contribution in [3.05, 3.63) is 142 Å². The summed E-state index contributed by atoms with van der Waals surface area (Å²) in [6.45, 7) is 0.322. The third-order valence-electron chi connectivity index (χ3n) is 8.28. The van der Waals surface area contributed by atoms with Gasteiger partial charge < -0.3 is 55.0 Å². The lowest BCUT2D eigenvalue weighted by atomic mass is 10.1. The number of nitrogens with two attached hydrogens (primary N) is 6. The van der Waals surface area contributed by atoms with Crippen molar-refractivity contribution in [3.63, 3.8) is 0 Å². The van der Waals surface area contributed by atoms with Gasteiger partial charge in [0.05, 0.1) is 35.6 Å². The number of aliphatic carboxylic acids is 3. The van der Waals surface area contributed by atoms with E-state index in [2.05, 4.69) is 20.3 Å². The number of carboxylic acid groups (broad SMARTS) is 3. The fourth-order valence-corrected chi connectivity index (χ4v) is 7.41. The maximum absolute atomic E-state index is 12.2. The Hall–Kier alpha value is -8.74. The Morgan fingerprint density at radius 3 is 1.53 bits per heavy atom. The SMILES string of the molecule is NC(=O)c1ccc2nc(N)sc2c1.NCc1cccc(C(=O)N[C@@H](C(=O)O)c2ccccc2)c1.Nc1ccc2nc(N)sc2c1.Nc1nc2ccc([N+](=O)[O-])cc2s1.O=C(O)C(F)(F)F.O=C(O)C(F)(F)F. The van der Waals surface area contributed by atoms with E-state index < -0.39 is 53.0 Å². The zero-order valence-corrected chi connectivity index (χ0v) is 38.6. The molecule has 16 N–H and O–H groups in total. The van der Waals surface area contributed by atoms with Gasteiger partial charge in [0, 0.05) is 35.5 Å². The minimum Gasteiger partial charge on any atom is -0.479 e. The third-order valence-corrected chi connectivity index (χ3v) is 10.8. The number of carboxylic acids is 3. The van der Waals surface area contributed by atoms with Crippen molar-refractivity contribution in [2.75, 3.05) is 22.9 Å². The van der Waals surface area contributed by atoms with Gasteiger partial charge >= 0.3 is 30.3 Å². The molecule has 1 atom stereocenters. The highest BCUT2D eigenvalue weighted by Gasteiger charge is 2.39. The molecular formula is C42H37F6N11O10S3. The summed E-state index contributed by atoms with van der Waals surface area (Å²) >= 11 is 4.04. The number of rotatable bonds is 7. The summed E-state index contributed by atoms with van der Waals surface area (Å²) in [5.41, 5.74) is 38.1. The van der Waals surface area contributed by atoms with Gasteiger partial charge in [-0.1, -0.05) is 76.5 Å². The number of amides is 2. The van der Waals surface area contributed by atoms with Crippen molar-refractivity contribution in [3.8, 4) is 0 Å². The molecule has 8 aromatic rings. The van der Waals surface area contributed by atoms with E-state index in [1.54, 1.807) is 72.8 Å². The number of fused-ring (bicyclic) bond motifs is 3. The number of nitro benzene ring substituents is 1. The Kier molecular flexibility index (Phi) is 20.6. The molecule has 0 aliphatic rings. The number of nitrogens with zero attached hydrogens (tertiary/aromatic N) is 4. The number of nitrogen functional groups attached to an aromatic ring is 4. The molecule has 5 aromatic carbocycles. The summed E-state index contributed by atoms with van der Waals surface area (Å²) in [4.78, 5) is 74.3. The number of alkyl halides is 6. The van der Waals surface area contributed by atoms with Crippen molar-refractivity contribution >= 4 is 121 Å². The predicted molar refractivity (Wildman–Crippen MR) is 258 cm³/mol. The monoisotopic (exact) mass is 1070 g/mol. The van der Waals surface area contributed by atoms with Crippen molar-refractivity contribution in [2.24, 2.45) is 11.5 Å². The molecule has 0 unspecified atom stereocenters. The molecule has 0 saturated carbocycles. The smallest absolute Gasteiger partial charge is 0.479 e. The van der Waals surface area contributed by atoms with Gasteiger partial charge in [-0.2, -0.15) is 26.3 Å². The lowest BCUT2D eigenvalue weighted by molar-refractivity contribution is -0.384.